The SMILES string of the molecule is CC1(O)CN(S(=O)(=O)c2ccc(C(=O)O)s2)C1. The number of aromatic carboxylic acids is 1. The minimum absolute atomic E-state index is 0.00889. The Hall–Kier alpha value is -0.960. The molecule has 1 fully saturated rings. The Morgan fingerprint density at radius 3 is 2.47 bits per heavy atom. The van der Waals surface area contributed by atoms with Crippen molar-refractivity contribution < 1.29 is 23.4 Å². The second-order valence-corrected chi connectivity index (χ2v) is 7.44. The number of carboxylic acid groups (broad SMARTS) is 1. The molecular weight excluding hydrogens is 266 g/mol. The van der Waals surface area contributed by atoms with Gasteiger partial charge in [0.15, 0.2) is 0 Å². The minimum Gasteiger partial charge on any atom is -0.477 e. The standard InChI is InChI=1S/C9H11NO5S2/c1-9(13)4-10(5-9)17(14,15)7-3-2-6(16-7)8(11)12/h2-3,13H,4-5H2,1H3,(H,11,12). The third-order valence-corrected chi connectivity index (χ3v) is 5.75. The van der Waals surface area contributed by atoms with Crippen molar-refractivity contribution >= 4 is 27.3 Å². The summed E-state index contributed by atoms with van der Waals surface area (Å²) in [4.78, 5) is 10.6. The van der Waals surface area contributed by atoms with Crippen LogP contribution in [-0.4, -0.2) is 47.6 Å². The molecule has 1 aliphatic rings. The van der Waals surface area contributed by atoms with Gasteiger partial charge in [-0.25, -0.2) is 13.2 Å². The second kappa shape index (κ2) is 3.77. The highest BCUT2D eigenvalue weighted by Gasteiger charge is 2.44. The van der Waals surface area contributed by atoms with Crippen LogP contribution < -0.4 is 0 Å². The summed E-state index contributed by atoms with van der Waals surface area (Å²) in [6, 6.07) is 2.54. The van der Waals surface area contributed by atoms with Crippen LogP contribution >= 0.6 is 11.3 Å². The largest absolute Gasteiger partial charge is 0.477 e. The minimum atomic E-state index is -3.66. The highest BCUT2D eigenvalue weighted by Crippen LogP contribution is 2.31. The van der Waals surface area contributed by atoms with Crippen LogP contribution in [0.2, 0.25) is 0 Å². The topological polar surface area (TPSA) is 94.9 Å². The average molecular weight is 277 g/mol. The van der Waals surface area contributed by atoms with Gasteiger partial charge in [0.1, 0.15) is 9.09 Å². The Morgan fingerprint density at radius 1 is 1.47 bits per heavy atom. The number of carboxylic acids is 1. The summed E-state index contributed by atoms with van der Waals surface area (Å²) in [5, 5.41) is 18.2. The van der Waals surface area contributed by atoms with Crippen molar-refractivity contribution in [1.29, 1.82) is 0 Å². The number of carbonyl (C=O) groups is 1. The van der Waals surface area contributed by atoms with Gasteiger partial charge in [-0.2, -0.15) is 4.31 Å². The van der Waals surface area contributed by atoms with Gasteiger partial charge in [0.05, 0.1) is 5.60 Å². The van der Waals surface area contributed by atoms with Gasteiger partial charge >= 0.3 is 5.97 Å². The van der Waals surface area contributed by atoms with E-state index in [-0.39, 0.29) is 22.2 Å². The molecule has 2 N–H and O–H groups in total. The van der Waals surface area contributed by atoms with E-state index in [1.165, 1.54) is 12.1 Å². The number of thiophene rings is 1. The Morgan fingerprint density at radius 2 is 2.06 bits per heavy atom. The molecule has 0 saturated carbocycles. The van der Waals surface area contributed by atoms with Crippen LogP contribution in [0.1, 0.15) is 16.6 Å². The molecule has 2 heterocycles. The maximum Gasteiger partial charge on any atom is 0.345 e. The molecular formula is C9H11NO5S2. The summed E-state index contributed by atoms with van der Waals surface area (Å²) < 4.78 is 25.1. The molecule has 17 heavy (non-hydrogen) atoms. The molecule has 2 rings (SSSR count). The maximum atomic E-state index is 12.0. The molecule has 1 aromatic heterocycles. The van der Waals surface area contributed by atoms with Crippen molar-refractivity contribution in [2.75, 3.05) is 13.1 Å². The van der Waals surface area contributed by atoms with Gasteiger partial charge in [0, 0.05) is 13.1 Å². The number of hydrogen-bond acceptors (Lipinski definition) is 5. The first-order valence-corrected chi connectivity index (χ1v) is 7.04. The predicted molar refractivity (Wildman–Crippen MR) is 60.7 cm³/mol. The molecule has 94 valence electrons. The quantitative estimate of drug-likeness (QED) is 0.823. The zero-order chi connectivity index (χ0) is 12.8. The number of nitrogens with zero attached hydrogens (tertiary/aromatic N) is 1. The lowest BCUT2D eigenvalue weighted by molar-refractivity contribution is -0.0425. The van der Waals surface area contributed by atoms with Crippen molar-refractivity contribution in [3.8, 4) is 0 Å². The van der Waals surface area contributed by atoms with E-state index in [0.29, 0.717) is 11.3 Å². The van der Waals surface area contributed by atoms with Gasteiger partial charge in [0.2, 0.25) is 0 Å². The molecule has 8 heteroatoms. The van der Waals surface area contributed by atoms with Crippen LogP contribution in [0.5, 0.6) is 0 Å². The van der Waals surface area contributed by atoms with E-state index in [1.807, 2.05) is 0 Å². The zero-order valence-electron chi connectivity index (χ0n) is 8.95. The smallest absolute Gasteiger partial charge is 0.345 e. The predicted octanol–water partition coefficient (Wildman–Crippen LogP) is 0.202. The number of hydrogen-bond donors (Lipinski definition) is 2. The van der Waals surface area contributed by atoms with Gasteiger partial charge in [0.25, 0.3) is 10.0 Å². The van der Waals surface area contributed by atoms with Crippen LogP contribution in [0.15, 0.2) is 16.3 Å². The summed E-state index contributed by atoms with van der Waals surface area (Å²) in [5.74, 6) is -1.15. The van der Waals surface area contributed by atoms with Crippen LogP contribution in [0.25, 0.3) is 0 Å². The molecule has 0 amide bonds. The highest BCUT2D eigenvalue weighted by molar-refractivity contribution is 7.91. The Bertz CT molecular complexity index is 552. The molecule has 1 aliphatic heterocycles. The first-order chi connectivity index (χ1) is 7.72. The van der Waals surface area contributed by atoms with Crippen molar-refractivity contribution in [2.45, 2.75) is 16.7 Å². The first kappa shape index (κ1) is 12.5. The molecule has 0 unspecified atom stereocenters. The molecule has 1 saturated heterocycles. The van der Waals surface area contributed by atoms with Gasteiger partial charge in [-0.1, -0.05) is 0 Å². The van der Waals surface area contributed by atoms with E-state index in [1.54, 1.807) is 6.92 Å². The van der Waals surface area contributed by atoms with Gasteiger partial charge in [-0.05, 0) is 19.1 Å². The molecule has 0 aliphatic carbocycles. The number of sulfonamides is 1. The molecule has 0 bridgehead atoms. The summed E-state index contributed by atoms with van der Waals surface area (Å²) >= 11 is 0.715. The third kappa shape index (κ3) is 2.21. The van der Waals surface area contributed by atoms with E-state index in [2.05, 4.69) is 0 Å². The van der Waals surface area contributed by atoms with E-state index < -0.39 is 21.6 Å². The molecule has 0 aromatic carbocycles. The summed E-state index contributed by atoms with van der Waals surface area (Å²) in [6.07, 6.45) is 0. The van der Waals surface area contributed by atoms with Crippen molar-refractivity contribution in [1.82, 2.24) is 4.31 Å². The molecule has 0 spiro atoms. The van der Waals surface area contributed by atoms with Crippen LogP contribution in [0.3, 0.4) is 0 Å². The fraction of sp³-hybridized carbons (Fsp3) is 0.444. The van der Waals surface area contributed by atoms with E-state index in [9.17, 15) is 18.3 Å². The summed E-state index contributed by atoms with van der Waals surface area (Å²) in [6.45, 7) is 1.63. The molecule has 6 nitrogen and oxygen atoms in total. The van der Waals surface area contributed by atoms with E-state index in [0.717, 1.165) is 4.31 Å². The Kier molecular flexibility index (Phi) is 2.77. The van der Waals surface area contributed by atoms with Crippen LogP contribution in [0, 0.1) is 0 Å². The lowest BCUT2D eigenvalue weighted by Gasteiger charge is -2.42. The van der Waals surface area contributed by atoms with Crippen molar-refractivity contribution in [3.63, 3.8) is 0 Å². The fourth-order valence-electron chi connectivity index (χ4n) is 1.58. The Labute approximate surface area is 102 Å². The van der Waals surface area contributed by atoms with Crippen molar-refractivity contribution in [3.05, 3.63) is 17.0 Å². The monoisotopic (exact) mass is 277 g/mol. The summed E-state index contributed by atoms with van der Waals surface area (Å²) in [7, 11) is -3.66. The van der Waals surface area contributed by atoms with Crippen LogP contribution in [0.4, 0.5) is 0 Å². The van der Waals surface area contributed by atoms with Gasteiger partial charge in [-0.3, -0.25) is 0 Å². The fourth-order valence-corrected chi connectivity index (χ4v) is 4.56. The Balaban J connectivity index is 2.24. The third-order valence-electron chi connectivity index (χ3n) is 2.42. The van der Waals surface area contributed by atoms with Gasteiger partial charge < -0.3 is 10.2 Å². The number of β-amino-alcohol motifs (C(OH)–C–C–N with tert-alkyl or cyclic N) is 1. The second-order valence-electron chi connectivity index (χ2n) is 4.19. The zero-order valence-corrected chi connectivity index (χ0v) is 10.6. The number of aliphatic hydroxyl groups is 1. The molecule has 0 atom stereocenters. The lowest BCUT2D eigenvalue weighted by Crippen LogP contribution is -2.61. The van der Waals surface area contributed by atoms with Gasteiger partial charge in [-0.15, -0.1) is 11.3 Å². The van der Waals surface area contributed by atoms with E-state index in [4.69, 9.17) is 5.11 Å². The molecule has 1 aromatic rings. The lowest BCUT2D eigenvalue weighted by atomic mass is 10.0. The normalized spacial score (nSPS) is 19.9. The van der Waals surface area contributed by atoms with Crippen LogP contribution in [-0.2, 0) is 10.0 Å². The average Bonchev–Trinajstić information content (AvgIpc) is 2.62. The number of rotatable bonds is 3. The maximum absolute atomic E-state index is 12.0. The highest BCUT2D eigenvalue weighted by atomic mass is 32.2. The first-order valence-electron chi connectivity index (χ1n) is 4.78. The van der Waals surface area contributed by atoms with E-state index >= 15 is 0 Å². The molecule has 0 radical (unpaired) electrons. The summed E-state index contributed by atoms with van der Waals surface area (Å²) in [5.41, 5.74) is -0.986. The van der Waals surface area contributed by atoms with Crippen molar-refractivity contribution in [2.24, 2.45) is 0 Å².